The Bertz CT molecular complexity index is 973. The second-order valence-electron chi connectivity index (χ2n) is 7.16. The molecule has 3 aromatic rings. The zero-order valence-electron chi connectivity index (χ0n) is 16.2. The zero-order chi connectivity index (χ0) is 19.5. The van der Waals surface area contributed by atoms with E-state index in [1.165, 1.54) is 10.1 Å². The lowest BCUT2D eigenvalue weighted by molar-refractivity contribution is -0.0128. The molecule has 3 heterocycles. The first-order valence-corrected chi connectivity index (χ1v) is 10.5. The summed E-state index contributed by atoms with van der Waals surface area (Å²) < 4.78 is 14.6. The molecular weight excluding hydrogens is 374 g/mol. The lowest BCUT2D eigenvalue weighted by Crippen LogP contribution is -2.28. The summed E-state index contributed by atoms with van der Waals surface area (Å²) in [5, 5.41) is 10.7. The van der Waals surface area contributed by atoms with E-state index in [0.717, 1.165) is 31.4 Å². The van der Waals surface area contributed by atoms with Gasteiger partial charge in [0.1, 0.15) is 12.2 Å². The monoisotopic (exact) mass is 399 g/mol. The van der Waals surface area contributed by atoms with Crippen molar-refractivity contribution < 1.29 is 14.3 Å². The highest BCUT2D eigenvalue weighted by Gasteiger charge is 2.23. The summed E-state index contributed by atoms with van der Waals surface area (Å²) >= 11 is 1.72. The van der Waals surface area contributed by atoms with Gasteiger partial charge >= 0.3 is 0 Å². The maximum absolute atomic E-state index is 12.9. The smallest absolute Gasteiger partial charge is 0.258 e. The molecule has 1 fully saturated rings. The number of carbonyl (C=O) groups excluding carboxylic acids is 1. The molecule has 7 heteroatoms. The van der Waals surface area contributed by atoms with Crippen molar-refractivity contribution in [1.82, 2.24) is 15.1 Å². The summed E-state index contributed by atoms with van der Waals surface area (Å²) in [6, 6.07) is 8.35. The Kier molecular flexibility index (Phi) is 5.64. The van der Waals surface area contributed by atoms with Crippen molar-refractivity contribution in [2.24, 2.45) is 7.05 Å². The van der Waals surface area contributed by atoms with E-state index < -0.39 is 0 Å². The van der Waals surface area contributed by atoms with Crippen LogP contribution in [0.4, 0.5) is 0 Å². The topological polar surface area (TPSA) is 65.4 Å². The molecule has 0 aliphatic carbocycles. The number of amides is 1. The number of nitrogens with one attached hydrogen (secondary N) is 1. The van der Waals surface area contributed by atoms with Crippen LogP contribution in [0.3, 0.4) is 0 Å². The molecule has 0 bridgehead atoms. The number of ether oxygens (including phenoxy) is 2. The Hall–Kier alpha value is -2.38. The summed E-state index contributed by atoms with van der Waals surface area (Å²) in [5.41, 5.74) is 2.22. The molecule has 4 rings (SSSR count). The SMILES string of the molecule is Cc1nn(C)c(OCC2CCCCO2)c1C(=O)NCc1ccc2sccc2c1. The van der Waals surface area contributed by atoms with E-state index in [0.29, 0.717) is 30.3 Å². The van der Waals surface area contributed by atoms with Crippen LogP contribution in [-0.4, -0.2) is 35.0 Å². The first-order chi connectivity index (χ1) is 13.6. The number of aryl methyl sites for hydroxylation is 2. The van der Waals surface area contributed by atoms with E-state index in [-0.39, 0.29) is 12.0 Å². The maximum atomic E-state index is 12.9. The summed E-state index contributed by atoms with van der Waals surface area (Å²) in [7, 11) is 1.80. The van der Waals surface area contributed by atoms with E-state index in [4.69, 9.17) is 9.47 Å². The Morgan fingerprint density at radius 2 is 2.29 bits per heavy atom. The van der Waals surface area contributed by atoms with Gasteiger partial charge in [-0.1, -0.05) is 6.07 Å². The van der Waals surface area contributed by atoms with Gasteiger partial charge in [-0.25, -0.2) is 4.68 Å². The Labute approximate surface area is 168 Å². The van der Waals surface area contributed by atoms with Crippen molar-refractivity contribution >= 4 is 27.3 Å². The maximum Gasteiger partial charge on any atom is 0.258 e. The number of rotatable bonds is 6. The van der Waals surface area contributed by atoms with E-state index in [9.17, 15) is 4.79 Å². The molecule has 1 aliphatic heterocycles. The van der Waals surface area contributed by atoms with Crippen molar-refractivity contribution in [3.63, 3.8) is 0 Å². The minimum absolute atomic E-state index is 0.0807. The van der Waals surface area contributed by atoms with Crippen LogP contribution in [0, 0.1) is 6.92 Å². The highest BCUT2D eigenvalue weighted by molar-refractivity contribution is 7.17. The first kappa shape index (κ1) is 19.0. The number of fused-ring (bicyclic) bond motifs is 1. The highest BCUT2D eigenvalue weighted by atomic mass is 32.1. The Balaban J connectivity index is 1.43. The van der Waals surface area contributed by atoms with Crippen LogP contribution < -0.4 is 10.1 Å². The number of thiophene rings is 1. The number of hydrogen-bond donors (Lipinski definition) is 1. The minimum atomic E-state index is -0.171. The second-order valence-corrected chi connectivity index (χ2v) is 8.11. The van der Waals surface area contributed by atoms with Crippen molar-refractivity contribution in [2.45, 2.75) is 38.8 Å². The molecule has 1 atom stereocenters. The summed E-state index contributed by atoms with van der Waals surface area (Å²) in [4.78, 5) is 12.9. The van der Waals surface area contributed by atoms with Crippen molar-refractivity contribution in [2.75, 3.05) is 13.2 Å². The Morgan fingerprint density at radius 1 is 1.39 bits per heavy atom. The van der Waals surface area contributed by atoms with Crippen LogP contribution in [0.5, 0.6) is 5.88 Å². The second kappa shape index (κ2) is 8.32. The van der Waals surface area contributed by atoms with E-state index in [1.807, 2.05) is 13.0 Å². The fraction of sp³-hybridized carbons (Fsp3) is 0.429. The van der Waals surface area contributed by atoms with Gasteiger partial charge < -0.3 is 14.8 Å². The molecule has 0 saturated carbocycles. The van der Waals surface area contributed by atoms with Gasteiger partial charge in [-0.05, 0) is 60.7 Å². The normalized spacial score (nSPS) is 17.0. The number of benzene rings is 1. The van der Waals surface area contributed by atoms with Crippen LogP contribution >= 0.6 is 11.3 Å². The molecule has 1 saturated heterocycles. The number of nitrogens with zero attached hydrogens (tertiary/aromatic N) is 2. The highest BCUT2D eigenvalue weighted by Crippen LogP contribution is 2.24. The van der Waals surface area contributed by atoms with Crippen LogP contribution in [0.2, 0.25) is 0 Å². The standard InChI is InChI=1S/C21H25N3O3S/c1-14-19(21(24(2)23-14)27-13-17-5-3-4-9-26-17)20(25)22-12-15-6-7-18-16(11-15)8-10-28-18/h6-8,10-11,17H,3-5,9,12-13H2,1-2H3,(H,22,25). The first-order valence-electron chi connectivity index (χ1n) is 9.64. The zero-order valence-corrected chi connectivity index (χ0v) is 17.1. The van der Waals surface area contributed by atoms with E-state index >= 15 is 0 Å². The van der Waals surface area contributed by atoms with Gasteiger partial charge in [-0.3, -0.25) is 4.79 Å². The largest absolute Gasteiger partial charge is 0.475 e. The lowest BCUT2D eigenvalue weighted by Gasteiger charge is -2.22. The quantitative estimate of drug-likeness (QED) is 0.684. The molecule has 0 spiro atoms. The third-order valence-corrected chi connectivity index (χ3v) is 5.94. The van der Waals surface area contributed by atoms with Crippen LogP contribution in [0.25, 0.3) is 10.1 Å². The molecule has 2 aromatic heterocycles. The third-order valence-electron chi connectivity index (χ3n) is 5.05. The predicted molar refractivity (Wildman–Crippen MR) is 110 cm³/mol. The van der Waals surface area contributed by atoms with Crippen molar-refractivity contribution in [3.8, 4) is 5.88 Å². The van der Waals surface area contributed by atoms with Crippen LogP contribution in [0.15, 0.2) is 29.6 Å². The number of carbonyl (C=O) groups is 1. The van der Waals surface area contributed by atoms with Crippen molar-refractivity contribution in [3.05, 3.63) is 46.5 Å². The fourth-order valence-corrected chi connectivity index (χ4v) is 4.34. The summed E-state index contributed by atoms with van der Waals surface area (Å²) in [6.45, 7) is 3.51. The van der Waals surface area contributed by atoms with Gasteiger partial charge in [-0.15, -0.1) is 11.3 Å². The molecule has 1 N–H and O–H groups in total. The van der Waals surface area contributed by atoms with Gasteiger partial charge in [0.2, 0.25) is 5.88 Å². The molecule has 1 amide bonds. The number of hydrogen-bond acceptors (Lipinski definition) is 5. The van der Waals surface area contributed by atoms with Gasteiger partial charge in [0.25, 0.3) is 5.91 Å². The average Bonchev–Trinajstić information content (AvgIpc) is 3.28. The molecule has 28 heavy (non-hydrogen) atoms. The van der Waals surface area contributed by atoms with Gasteiger partial charge in [0.05, 0.1) is 11.8 Å². The van der Waals surface area contributed by atoms with Gasteiger partial charge in [-0.2, -0.15) is 5.10 Å². The molecule has 0 radical (unpaired) electrons. The minimum Gasteiger partial charge on any atom is -0.475 e. The molecule has 1 aliphatic rings. The average molecular weight is 400 g/mol. The molecule has 6 nitrogen and oxygen atoms in total. The lowest BCUT2D eigenvalue weighted by atomic mass is 10.1. The Morgan fingerprint density at radius 3 is 3.11 bits per heavy atom. The predicted octanol–water partition coefficient (Wildman–Crippen LogP) is 3.82. The van der Waals surface area contributed by atoms with E-state index in [1.54, 1.807) is 23.1 Å². The van der Waals surface area contributed by atoms with Crippen LogP contribution in [-0.2, 0) is 18.3 Å². The molecule has 1 unspecified atom stereocenters. The molecule has 1 aromatic carbocycles. The third kappa shape index (κ3) is 4.05. The van der Waals surface area contributed by atoms with Crippen molar-refractivity contribution in [1.29, 1.82) is 0 Å². The molecular formula is C21H25N3O3S. The van der Waals surface area contributed by atoms with E-state index in [2.05, 4.69) is 34.0 Å². The van der Waals surface area contributed by atoms with Gasteiger partial charge in [0.15, 0.2) is 0 Å². The molecule has 148 valence electrons. The van der Waals surface area contributed by atoms with Gasteiger partial charge in [0, 0.05) is 24.9 Å². The summed E-state index contributed by atoms with van der Waals surface area (Å²) in [5.74, 6) is 0.327. The number of aromatic nitrogens is 2. The summed E-state index contributed by atoms with van der Waals surface area (Å²) in [6.07, 6.45) is 3.33. The fourth-order valence-electron chi connectivity index (χ4n) is 3.57. The van der Waals surface area contributed by atoms with Crippen LogP contribution in [0.1, 0.15) is 40.9 Å².